The van der Waals surface area contributed by atoms with Crippen molar-refractivity contribution in [3.05, 3.63) is 33.3 Å². The summed E-state index contributed by atoms with van der Waals surface area (Å²) >= 11 is 12.5. The molecule has 110 valence electrons. The van der Waals surface area contributed by atoms with E-state index in [1.807, 2.05) is 6.07 Å². The average molecular weight is 314 g/mol. The highest BCUT2D eigenvalue weighted by Gasteiger charge is 2.36. The minimum Gasteiger partial charge on any atom is -0.329 e. The van der Waals surface area contributed by atoms with Gasteiger partial charge in [0.2, 0.25) is 0 Å². The molecule has 0 radical (unpaired) electrons. The Morgan fingerprint density at radius 1 is 1.25 bits per heavy atom. The molecule has 1 aromatic carbocycles. The molecule has 0 bridgehead atoms. The van der Waals surface area contributed by atoms with Crippen molar-refractivity contribution in [2.24, 2.45) is 5.73 Å². The summed E-state index contributed by atoms with van der Waals surface area (Å²) in [5.74, 6) is 0. The van der Waals surface area contributed by atoms with Gasteiger partial charge in [-0.25, -0.2) is 0 Å². The Kier molecular flexibility index (Phi) is 4.25. The van der Waals surface area contributed by atoms with Gasteiger partial charge in [0, 0.05) is 25.2 Å². The molecule has 3 nitrogen and oxygen atoms in total. The first-order valence-electron chi connectivity index (χ1n) is 7.23. The summed E-state index contributed by atoms with van der Waals surface area (Å²) < 4.78 is 0. The van der Waals surface area contributed by atoms with Gasteiger partial charge in [0.1, 0.15) is 0 Å². The Morgan fingerprint density at radius 3 is 2.60 bits per heavy atom. The Bertz CT molecular complexity index is 498. The highest BCUT2D eigenvalue weighted by atomic mass is 35.5. The van der Waals surface area contributed by atoms with Crippen molar-refractivity contribution >= 4 is 23.2 Å². The van der Waals surface area contributed by atoms with E-state index in [0.29, 0.717) is 22.6 Å². The molecule has 1 aromatic rings. The molecule has 0 amide bonds. The topological polar surface area (TPSA) is 32.5 Å². The Morgan fingerprint density at radius 2 is 1.95 bits per heavy atom. The third-order valence-electron chi connectivity index (χ3n) is 4.71. The summed E-state index contributed by atoms with van der Waals surface area (Å²) in [5, 5.41) is 1.35. The van der Waals surface area contributed by atoms with Crippen molar-refractivity contribution in [1.82, 2.24) is 9.80 Å². The molecule has 0 aliphatic carbocycles. The van der Waals surface area contributed by atoms with E-state index in [9.17, 15) is 0 Å². The fraction of sp³-hybridized carbons (Fsp3) is 0.600. The first kappa shape index (κ1) is 14.6. The quantitative estimate of drug-likeness (QED) is 0.911. The van der Waals surface area contributed by atoms with E-state index in [4.69, 9.17) is 28.9 Å². The largest absolute Gasteiger partial charge is 0.329 e. The van der Waals surface area contributed by atoms with Crippen molar-refractivity contribution in [1.29, 1.82) is 0 Å². The van der Waals surface area contributed by atoms with Crippen molar-refractivity contribution in [3.63, 3.8) is 0 Å². The number of piperidine rings is 1. The maximum Gasteiger partial charge on any atom is 0.0640 e. The van der Waals surface area contributed by atoms with Gasteiger partial charge in [0.05, 0.1) is 10.0 Å². The Hall–Kier alpha value is -0.320. The smallest absolute Gasteiger partial charge is 0.0640 e. The lowest BCUT2D eigenvalue weighted by atomic mass is 10.0. The van der Waals surface area contributed by atoms with Crippen LogP contribution in [0.5, 0.6) is 0 Å². The molecule has 1 fully saturated rings. The van der Waals surface area contributed by atoms with Crippen molar-refractivity contribution in [3.8, 4) is 0 Å². The molecule has 2 N–H and O–H groups in total. The first-order chi connectivity index (χ1) is 9.61. The van der Waals surface area contributed by atoms with Gasteiger partial charge in [0.15, 0.2) is 0 Å². The van der Waals surface area contributed by atoms with E-state index in [1.165, 1.54) is 24.0 Å². The zero-order valence-corrected chi connectivity index (χ0v) is 13.3. The number of hydrogen-bond acceptors (Lipinski definition) is 3. The minimum atomic E-state index is 0.285. The second-order valence-corrected chi connectivity index (χ2v) is 6.67. The molecule has 2 aliphatic heterocycles. The fourth-order valence-electron chi connectivity index (χ4n) is 3.52. The van der Waals surface area contributed by atoms with Crippen molar-refractivity contribution in [2.45, 2.75) is 31.5 Å². The second-order valence-electron chi connectivity index (χ2n) is 5.89. The molecule has 0 spiro atoms. The summed E-state index contributed by atoms with van der Waals surface area (Å²) in [6, 6.07) is 4.87. The number of fused-ring (bicyclic) bond motifs is 1. The number of rotatable bonds is 2. The van der Waals surface area contributed by atoms with E-state index >= 15 is 0 Å². The normalized spacial score (nSPS) is 25.1. The van der Waals surface area contributed by atoms with Crippen molar-refractivity contribution in [2.75, 3.05) is 26.7 Å². The van der Waals surface area contributed by atoms with E-state index < -0.39 is 0 Å². The maximum absolute atomic E-state index is 6.38. The lowest BCUT2D eigenvalue weighted by Crippen LogP contribution is -2.44. The molecule has 2 aliphatic rings. The predicted molar refractivity (Wildman–Crippen MR) is 84.3 cm³/mol. The minimum absolute atomic E-state index is 0.285. The molecule has 3 rings (SSSR count). The van der Waals surface area contributed by atoms with Crippen LogP contribution in [-0.2, 0) is 6.54 Å². The van der Waals surface area contributed by atoms with E-state index in [2.05, 4.69) is 22.9 Å². The summed E-state index contributed by atoms with van der Waals surface area (Å²) in [4.78, 5) is 4.92. The van der Waals surface area contributed by atoms with Gasteiger partial charge in [-0.05, 0) is 50.2 Å². The number of benzene rings is 1. The summed E-state index contributed by atoms with van der Waals surface area (Å²) in [7, 11) is 2.19. The SMILES string of the molecule is CN1CCC(N2Cc3c(ccc(Cl)c3Cl)C2CN)CC1. The summed E-state index contributed by atoms with van der Waals surface area (Å²) in [5.41, 5.74) is 8.47. The standard InChI is InChI=1S/C15H21Cl2N3/c1-19-6-4-10(5-7-19)20-9-12-11(14(20)8-18)2-3-13(16)15(12)17/h2-3,10,14H,4-9,18H2,1H3. The van der Waals surface area contributed by atoms with Gasteiger partial charge in [0.25, 0.3) is 0 Å². The van der Waals surface area contributed by atoms with Crippen LogP contribution in [0.1, 0.15) is 30.0 Å². The molecule has 20 heavy (non-hydrogen) atoms. The summed E-state index contributed by atoms with van der Waals surface area (Å²) in [6.07, 6.45) is 2.40. The van der Waals surface area contributed by atoms with Gasteiger partial charge < -0.3 is 10.6 Å². The predicted octanol–water partition coefficient (Wildman–Crippen LogP) is 2.90. The van der Waals surface area contributed by atoms with Crippen LogP contribution >= 0.6 is 23.2 Å². The molecule has 5 heteroatoms. The number of likely N-dealkylation sites (tertiary alicyclic amines) is 1. The molecule has 1 unspecified atom stereocenters. The zero-order valence-electron chi connectivity index (χ0n) is 11.8. The molecule has 0 aromatic heterocycles. The Labute approximate surface area is 130 Å². The van der Waals surface area contributed by atoms with Crippen LogP contribution in [0.15, 0.2) is 12.1 Å². The van der Waals surface area contributed by atoms with E-state index in [0.717, 1.165) is 19.6 Å². The zero-order chi connectivity index (χ0) is 14.3. The number of nitrogens with two attached hydrogens (primary N) is 1. The molecule has 1 saturated heterocycles. The number of halogens is 2. The van der Waals surface area contributed by atoms with Crippen LogP contribution in [0.3, 0.4) is 0 Å². The molecule has 2 heterocycles. The number of nitrogens with zero attached hydrogens (tertiary/aromatic N) is 2. The van der Waals surface area contributed by atoms with Crippen LogP contribution in [-0.4, -0.2) is 42.5 Å². The maximum atomic E-state index is 6.38. The third kappa shape index (κ3) is 2.46. The number of hydrogen-bond donors (Lipinski definition) is 1. The molecular weight excluding hydrogens is 293 g/mol. The third-order valence-corrected chi connectivity index (χ3v) is 5.56. The van der Waals surface area contributed by atoms with E-state index in [-0.39, 0.29) is 6.04 Å². The van der Waals surface area contributed by atoms with Crippen LogP contribution in [0.2, 0.25) is 10.0 Å². The summed E-state index contributed by atoms with van der Waals surface area (Å²) in [6.45, 7) is 3.83. The molecular formula is C15H21Cl2N3. The lowest BCUT2D eigenvalue weighted by Gasteiger charge is -2.38. The molecule has 1 atom stereocenters. The monoisotopic (exact) mass is 313 g/mol. The average Bonchev–Trinajstić information content (AvgIpc) is 2.83. The van der Waals surface area contributed by atoms with Gasteiger partial charge in [-0.1, -0.05) is 29.3 Å². The molecule has 0 saturated carbocycles. The fourth-order valence-corrected chi connectivity index (χ4v) is 3.93. The van der Waals surface area contributed by atoms with Gasteiger partial charge in [-0.3, -0.25) is 4.90 Å². The van der Waals surface area contributed by atoms with Gasteiger partial charge >= 0.3 is 0 Å². The van der Waals surface area contributed by atoms with Crippen LogP contribution in [0, 0.1) is 0 Å². The van der Waals surface area contributed by atoms with Gasteiger partial charge in [-0.15, -0.1) is 0 Å². The Balaban J connectivity index is 1.86. The highest BCUT2D eigenvalue weighted by Crippen LogP contribution is 2.42. The first-order valence-corrected chi connectivity index (χ1v) is 7.98. The van der Waals surface area contributed by atoms with Crippen LogP contribution < -0.4 is 5.73 Å². The van der Waals surface area contributed by atoms with Crippen LogP contribution in [0.4, 0.5) is 0 Å². The highest BCUT2D eigenvalue weighted by molar-refractivity contribution is 6.42. The van der Waals surface area contributed by atoms with Crippen molar-refractivity contribution < 1.29 is 0 Å². The van der Waals surface area contributed by atoms with Gasteiger partial charge in [-0.2, -0.15) is 0 Å². The second kappa shape index (κ2) is 5.82. The van der Waals surface area contributed by atoms with Crippen LogP contribution in [0.25, 0.3) is 0 Å². The van der Waals surface area contributed by atoms with E-state index in [1.54, 1.807) is 0 Å². The lowest BCUT2D eigenvalue weighted by molar-refractivity contribution is 0.0908.